The summed E-state index contributed by atoms with van der Waals surface area (Å²) in [4.78, 5) is 7.86. The fraction of sp³-hybridized carbons (Fsp3) is 0.143. The van der Waals surface area contributed by atoms with Crippen molar-refractivity contribution in [3.63, 3.8) is 0 Å². The molecule has 11 heteroatoms. The molecule has 1 heterocycles. The number of sulfonamides is 1. The van der Waals surface area contributed by atoms with Gasteiger partial charge < -0.3 is 5.32 Å². The van der Waals surface area contributed by atoms with E-state index in [0.29, 0.717) is 17.6 Å². The summed E-state index contributed by atoms with van der Waals surface area (Å²) < 4.78 is 56.5. The predicted octanol–water partition coefficient (Wildman–Crippen LogP) is 4.84. The third kappa shape index (κ3) is 5.10. The van der Waals surface area contributed by atoms with Crippen LogP contribution in [0.1, 0.15) is 24.0 Å². The Hall–Kier alpha value is -2.93. The number of aromatic nitrogens is 2. The molecule has 6 nitrogen and oxygen atoms in total. The molecule has 0 spiro atoms. The Kier molecular flexibility index (Phi) is 6.20. The zero-order valence-corrected chi connectivity index (χ0v) is 18.5. The first-order valence-corrected chi connectivity index (χ1v) is 11.5. The third-order valence-electron chi connectivity index (χ3n) is 4.41. The summed E-state index contributed by atoms with van der Waals surface area (Å²) in [5, 5.41) is 3.13. The molecule has 1 fully saturated rings. The number of nitrogens with zero attached hydrogens (tertiary/aromatic N) is 2. The van der Waals surface area contributed by atoms with Crippen LogP contribution >= 0.6 is 23.2 Å². The number of halogens is 4. The lowest BCUT2D eigenvalue weighted by molar-refractivity contribution is 0.578. The molecule has 1 aliphatic rings. The Morgan fingerprint density at radius 2 is 1.75 bits per heavy atom. The van der Waals surface area contributed by atoms with Gasteiger partial charge in [-0.1, -0.05) is 35.0 Å². The van der Waals surface area contributed by atoms with E-state index in [2.05, 4.69) is 31.8 Å². The lowest BCUT2D eigenvalue weighted by atomic mass is 10.1. The van der Waals surface area contributed by atoms with Gasteiger partial charge >= 0.3 is 0 Å². The number of hydrogen-bond donors (Lipinski definition) is 2. The number of anilines is 2. The van der Waals surface area contributed by atoms with Crippen LogP contribution in [0.5, 0.6) is 0 Å². The first kappa shape index (κ1) is 22.3. The van der Waals surface area contributed by atoms with Crippen LogP contribution in [-0.4, -0.2) is 24.4 Å². The van der Waals surface area contributed by atoms with Crippen molar-refractivity contribution in [1.82, 2.24) is 9.97 Å². The molecule has 0 atom stereocenters. The van der Waals surface area contributed by atoms with Crippen molar-refractivity contribution < 1.29 is 17.2 Å². The summed E-state index contributed by atoms with van der Waals surface area (Å²) in [5.41, 5.74) is -0.767. The standard InChI is InChI=1S/C21H14Cl2F2N4O2S/c22-13-2-6-16(23)19(9-13)32(30,31)29-18-8-7-17(24)15(20(18)25)5-1-12-10-26-21(27-11-12)28-14-3-4-14/h2,6-11,14,29H,3-4H2,(H,26,27,28). The molecule has 1 saturated carbocycles. The summed E-state index contributed by atoms with van der Waals surface area (Å²) >= 11 is 11.8. The molecule has 4 rings (SSSR count). The van der Waals surface area contributed by atoms with Crippen molar-refractivity contribution in [2.75, 3.05) is 10.0 Å². The van der Waals surface area contributed by atoms with E-state index in [1.807, 2.05) is 0 Å². The topological polar surface area (TPSA) is 84.0 Å². The normalized spacial score (nSPS) is 13.2. The van der Waals surface area contributed by atoms with Gasteiger partial charge in [-0.15, -0.1) is 0 Å². The Balaban J connectivity index is 1.60. The van der Waals surface area contributed by atoms with E-state index in [9.17, 15) is 17.2 Å². The van der Waals surface area contributed by atoms with Crippen LogP contribution < -0.4 is 10.0 Å². The van der Waals surface area contributed by atoms with Gasteiger partial charge in [0.15, 0.2) is 5.82 Å². The molecule has 0 unspecified atom stereocenters. The average molecular weight is 495 g/mol. The second-order valence-corrected chi connectivity index (χ2v) is 9.42. The molecule has 0 radical (unpaired) electrons. The van der Waals surface area contributed by atoms with E-state index < -0.39 is 32.9 Å². The average Bonchev–Trinajstić information content (AvgIpc) is 3.57. The van der Waals surface area contributed by atoms with E-state index in [4.69, 9.17) is 23.2 Å². The largest absolute Gasteiger partial charge is 0.351 e. The van der Waals surface area contributed by atoms with Gasteiger partial charge in [0.1, 0.15) is 10.7 Å². The van der Waals surface area contributed by atoms with Gasteiger partial charge in [-0.25, -0.2) is 27.2 Å². The number of nitrogens with one attached hydrogen (secondary N) is 2. The Bertz CT molecular complexity index is 1350. The Morgan fingerprint density at radius 3 is 2.44 bits per heavy atom. The molecule has 0 amide bonds. The first-order valence-electron chi connectivity index (χ1n) is 9.29. The molecule has 0 bridgehead atoms. The maximum atomic E-state index is 14.9. The fourth-order valence-electron chi connectivity index (χ4n) is 2.64. The van der Waals surface area contributed by atoms with Crippen molar-refractivity contribution >= 4 is 44.9 Å². The highest BCUT2D eigenvalue weighted by molar-refractivity contribution is 7.92. The molecule has 32 heavy (non-hydrogen) atoms. The van der Waals surface area contributed by atoms with E-state index in [1.54, 1.807) is 0 Å². The zero-order chi connectivity index (χ0) is 22.9. The Morgan fingerprint density at radius 1 is 1.03 bits per heavy atom. The molecule has 164 valence electrons. The molecular weight excluding hydrogens is 481 g/mol. The summed E-state index contributed by atoms with van der Waals surface area (Å²) in [6.45, 7) is 0. The highest BCUT2D eigenvalue weighted by Gasteiger charge is 2.23. The smallest absolute Gasteiger partial charge is 0.263 e. The van der Waals surface area contributed by atoms with E-state index in [1.165, 1.54) is 24.5 Å². The van der Waals surface area contributed by atoms with Gasteiger partial charge in [0, 0.05) is 23.5 Å². The van der Waals surface area contributed by atoms with Gasteiger partial charge in [-0.05, 0) is 43.2 Å². The predicted molar refractivity (Wildman–Crippen MR) is 118 cm³/mol. The van der Waals surface area contributed by atoms with Crippen molar-refractivity contribution in [2.24, 2.45) is 0 Å². The minimum atomic E-state index is -4.30. The van der Waals surface area contributed by atoms with E-state index in [-0.39, 0.29) is 14.9 Å². The van der Waals surface area contributed by atoms with E-state index in [0.717, 1.165) is 31.0 Å². The fourth-order valence-corrected chi connectivity index (χ4v) is 4.46. The maximum Gasteiger partial charge on any atom is 0.263 e. The number of rotatable bonds is 5. The molecule has 1 aliphatic carbocycles. The maximum absolute atomic E-state index is 14.9. The molecule has 3 aromatic rings. The van der Waals surface area contributed by atoms with Crippen LogP contribution in [-0.2, 0) is 10.0 Å². The van der Waals surface area contributed by atoms with Crippen molar-refractivity contribution in [1.29, 1.82) is 0 Å². The second kappa shape index (κ2) is 8.90. The molecule has 2 N–H and O–H groups in total. The Labute approximate surface area is 193 Å². The van der Waals surface area contributed by atoms with Gasteiger partial charge in [0.05, 0.1) is 21.8 Å². The van der Waals surface area contributed by atoms with Gasteiger partial charge in [0.25, 0.3) is 10.0 Å². The van der Waals surface area contributed by atoms with Crippen LogP contribution in [0.3, 0.4) is 0 Å². The molecule has 2 aromatic carbocycles. The van der Waals surface area contributed by atoms with Crippen LogP contribution in [0.2, 0.25) is 10.0 Å². The first-order chi connectivity index (χ1) is 15.2. The third-order valence-corrected chi connectivity index (χ3v) is 6.49. The number of hydrogen-bond acceptors (Lipinski definition) is 5. The van der Waals surface area contributed by atoms with Gasteiger partial charge in [0.2, 0.25) is 5.95 Å². The van der Waals surface area contributed by atoms with E-state index >= 15 is 0 Å². The summed E-state index contributed by atoms with van der Waals surface area (Å²) in [6, 6.07) is 6.06. The highest BCUT2D eigenvalue weighted by atomic mass is 35.5. The number of benzene rings is 2. The second-order valence-electron chi connectivity index (χ2n) is 6.93. The van der Waals surface area contributed by atoms with Crippen LogP contribution in [0.4, 0.5) is 20.4 Å². The quantitative estimate of drug-likeness (QED) is 0.496. The molecular formula is C21H14Cl2F2N4O2S. The van der Waals surface area contributed by atoms with Crippen molar-refractivity contribution in [3.05, 3.63) is 75.5 Å². The van der Waals surface area contributed by atoms with Crippen LogP contribution in [0.15, 0.2) is 47.6 Å². The lowest BCUT2D eigenvalue weighted by Gasteiger charge is -2.11. The molecule has 0 saturated heterocycles. The van der Waals surface area contributed by atoms with Crippen molar-refractivity contribution in [3.8, 4) is 11.8 Å². The summed E-state index contributed by atoms with van der Waals surface area (Å²) in [5.74, 6) is 3.28. The molecule has 0 aliphatic heterocycles. The zero-order valence-electron chi connectivity index (χ0n) is 16.2. The van der Waals surface area contributed by atoms with Crippen molar-refractivity contribution in [2.45, 2.75) is 23.8 Å². The summed E-state index contributed by atoms with van der Waals surface area (Å²) in [7, 11) is -4.30. The monoisotopic (exact) mass is 494 g/mol. The minimum absolute atomic E-state index is 0.107. The summed E-state index contributed by atoms with van der Waals surface area (Å²) in [6.07, 6.45) is 4.97. The van der Waals surface area contributed by atoms with Gasteiger partial charge in [-0.3, -0.25) is 4.72 Å². The molecule has 1 aromatic heterocycles. The highest BCUT2D eigenvalue weighted by Crippen LogP contribution is 2.29. The van der Waals surface area contributed by atoms with Gasteiger partial charge in [-0.2, -0.15) is 0 Å². The minimum Gasteiger partial charge on any atom is -0.351 e. The lowest BCUT2D eigenvalue weighted by Crippen LogP contribution is -2.15. The SMILES string of the molecule is O=S(=O)(Nc1ccc(F)c(C#Cc2cnc(NC3CC3)nc2)c1F)c1cc(Cl)ccc1Cl. The van der Waals surface area contributed by atoms with Crippen LogP contribution in [0.25, 0.3) is 0 Å². The van der Waals surface area contributed by atoms with Crippen LogP contribution in [0, 0.1) is 23.5 Å².